The molecule has 0 saturated heterocycles. The summed E-state index contributed by atoms with van der Waals surface area (Å²) in [6, 6.07) is 47.1. The van der Waals surface area contributed by atoms with Gasteiger partial charge in [0.2, 0.25) is 0 Å². The fraction of sp³-hybridized carbons (Fsp3) is 0.277. The molecule has 0 unspecified atom stereocenters. The molecule has 1 aliphatic carbocycles. The summed E-state index contributed by atoms with van der Waals surface area (Å²) in [6.45, 7) is 31.5. The van der Waals surface area contributed by atoms with Gasteiger partial charge in [0.15, 0.2) is 0 Å². The first-order valence-electron chi connectivity index (χ1n) is 25.0. The molecule has 6 aromatic carbocycles. The Kier molecular flexibility index (Phi) is 11.9. The zero-order valence-electron chi connectivity index (χ0n) is 44.1. The topological polar surface area (TPSA) is 53.9 Å². The standard InChI is InChI=1S/C65H63N5O.Pt/c1-37-26-43(7)59(44(8)27-37)70-60-51-30-38(2)24-41(5)57(51)58-42(6)25-39(3)31-54(58)65(60,14)68-61(70)46-32-45(55-19-15-16-22-66-55)33-50(34-46)71-49-29-40(4)28-48(36-49)69-56-21-20-47(63(9,10)11)35-53(56)64(12,13)52-18-17-23-67-62(52)69;/h15-33,35,60H,1-14H3;/q-2;+2/t60-,65+;/m0./s1. The number of amidine groups is 1. The fourth-order valence-electron chi connectivity index (χ4n) is 12.2. The zero-order chi connectivity index (χ0) is 50.1. The number of aromatic nitrogens is 2. The first kappa shape index (κ1) is 49.0. The second kappa shape index (κ2) is 17.6. The van der Waals surface area contributed by atoms with Crippen molar-refractivity contribution in [1.82, 2.24) is 9.97 Å². The van der Waals surface area contributed by atoms with E-state index in [2.05, 4.69) is 204 Å². The normalized spacial score (nSPS) is 17.2. The molecule has 7 heteroatoms. The van der Waals surface area contributed by atoms with Crippen molar-refractivity contribution in [2.45, 2.75) is 119 Å². The summed E-state index contributed by atoms with van der Waals surface area (Å²) in [5.41, 5.74) is 23.2. The van der Waals surface area contributed by atoms with Crippen molar-refractivity contribution < 1.29 is 25.8 Å². The number of benzene rings is 6. The SMILES string of the molecule is Cc1cc(Oc2[c-]c(C3=N[C@]4(C)c5cc(C)cc(C)c5-c5c(C)cc(C)cc5[C@@H]4N3c3c(C)cc(C)cc3C)cc(-c3ccccn3)c2)[c-]c(N2c3ccc(C(C)(C)C)cc3C(C)(C)c3cccnc32)c1.[Pt+2]. The van der Waals surface area contributed by atoms with Crippen LogP contribution in [0.25, 0.3) is 22.4 Å². The fourth-order valence-corrected chi connectivity index (χ4v) is 12.2. The van der Waals surface area contributed by atoms with Crippen LogP contribution in [-0.2, 0) is 37.4 Å². The van der Waals surface area contributed by atoms with Crippen molar-refractivity contribution in [3.8, 4) is 33.9 Å². The molecule has 364 valence electrons. The maximum atomic E-state index is 7.10. The predicted octanol–water partition coefficient (Wildman–Crippen LogP) is 16.3. The van der Waals surface area contributed by atoms with Crippen LogP contribution in [0.5, 0.6) is 11.5 Å². The Morgan fingerprint density at radius 1 is 0.597 bits per heavy atom. The number of hydrogen-bond donors (Lipinski definition) is 0. The third kappa shape index (κ3) is 7.93. The maximum absolute atomic E-state index is 7.10. The molecule has 0 spiro atoms. The van der Waals surface area contributed by atoms with Gasteiger partial charge in [-0.25, -0.2) is 4.98 Å². The molecule has 3 aliphatic rings. The molecular formula is C65H63N5OPt. The molecule has 8 aromatic rings. The second-order valence-electron chi connectivity index (χ2n) is 22.3. The number of aryl methyl sites for hydroxylation is 8. The number of fused-ring (bicyclic) bond motifs is 8. The van der Waals surface area contributed by atoms with Gasteiger partial charge in [0, 0.05) is 46.2 Å². The summed E-state index contributed by atoms with van der Waals surface area (Å²) in [5.74, 6) is 2.85. The van der Waals surface area contributed by atoms with Gasteiger partial charge in [0.25, 0.3) is 0 Å². The Hall–Kier alpha value is -6.62. The Balaban J connectivity index is 0.00000596. The van der Waals surface area contributed by atoms with E-state index in [-0.39, 0.29) is 37.9 Å². The average molecular weight is 1130 g/mol. The van der Waals surface area contributed by atoms with E-state index in [1.807, 2.05) is 36.7 Å². The zero-order valence-corrected chi connectivity index (χ0v) is 46.4. The van der Waals surface area contributed by atoms with E-state index in [0.29, 0.717) is 11.5 Å². The first-order valence-corrected chi connectivity index (χ1v) is 25.0. The van der Waals surface area contributed by atoms with Crippen LogP contribution in [0.3, 0.4) is 0 Å². The Morgan fingerprint density at radius 3 is 1.96 bits per heavy atom. The molecule has 0 N–H and O–H groups in total. The first-order chi connectivity index (χ1) is 33.7. The van der Waals surface area contributed by atoms with Crippen molar-refractivity contribution in [3.63, 3.8) is 0 Å². The van der Waals surface area contributed by atoms with Gasteiger partial charge in [0.1, 0.15) is 5.82 Å². The van der Waals surface area contributed by atoms with Gasteiger partial charge in [-0.2, -0.15) is 5.56 Å². The quantitative estimate of drug-likeness (QED) is 0.155. The van der Waals surface area contributed by atoms with Crippen molar-refractivity contribution in [3.05, 3.63) is 212 Å². The molecule has 11 rings (SSSR count). The maximum Gasteiger partial charge on any atom is 2.00 e. The number of pyridine rings is 2. The molecule has 2 atom stereocenters. The van der Waals surface area contributed by atoms with E-state index in [9.17, 15) is 0 Å². The van der Waals surface area contributed by atoms with E-state index in [1.54, 1.807) is 0 Å². The number of aliphatic imine (C=N–C) groups is 1. The van der Waals surface area contributed by atoms with Crippen molar-refractivity contribution in [2.24, 2.45) is 4.99 Å². The smallest absolute Gasteiger partial charge is 0.503 e. The number of hydrogen-bond acceptors (Lipinski definition) is 6. The molecule has 0 bridgehead atoms. The van der Waals surface area contributed by atoms with Gasteiger partial charge >= 0.3 is 21.1 Å². The molecular weight excluding hydrogens is 1060 g/mol. The number of nitrogens with zero attached hydrogens (tertiary/aromatic N) is 5. The Bertz CT molecular complexity index is 3520. The summed E-state index contributed by atoms with van der Waals surface area (Å²) in [4.78, 5) is 20.7. The van der Waals surface area contributed by atoms with Gasteiger partial charge < -0.3 is 19.5 Å². The summed E-state index contributed by atoms with van der Waals surface area (Å²) in [5, 5.41) is 0. The Morgan fingerprint density at radius 2 is 1.25 bits per heavy atom. The molecule has 0 radical (unpaired) electrons. The number of anilines is 4. The number of rotatable bonds is 6. The van der Waals surface area contributed by atoms with Gasteiger partial charge in [-0.1, -0.05) is 142 Å². The molecule has 0 saturated carbocycles. The van der Waals surface area contributed by atoms with E-state index in [1.165, 1.54) is 72.3 Å². The average Bonchev–Trinajstić information content (AvgIpc) is 3.62. The summed E-state index contributed by atoms with van der Waals surface area (Å²) < 4.78 is 7.10. The molecule has 4 heterocycles. The molecule has 0 amide bonds. The van der Waals surface area contributed by atoms with E-state index >= 15 is 0 Å². The minimum Gasteiger partial charge on any atom is -0.503 e. The summed E-state index contributed by atoms with van der Waals surface area (Å²) >= 11 is 0. The van der Waals surface area contributed by atoms with Crippen LogP contribution in [0, 0.1) is 67.5 Å². The second-order valence-corrected chi connectivity index (χ2v) is 22.3. The minimum atomic E-state index is -0.662. The van der Waals surface area contributed by atoms with Gasteiger partial charge in [-0.15, -0.1) is 29.8 Å². The van der Waals surface area contributed by atoms with Gasteiger partial charge in [0.05, 0.1) is 23.1 Å². The van der Waals surface area contributed by atoms with Crippen LogP contribution in [0.2, 0.25) is 0 Å². The Labute approximate surface area is 441 Å². The predicted molar refractivity (Wildman–Crippen MR) is 292 cm³/mol. The van der Waals surface area contributed by atoms with Crippen LogP contribution in [0.4, 0.5) is 22.9 Å². The van der Waals surface area contributed by atoms with Crippen LogP contribution in [0.15, 0.2) is 127 Å². The molecule has 6 nitrogen and oxygen atoms in total. The summed E-state index contributed by atoms with van der Waals surface area (Å²) in [7, 11) is 0. The van der Waals surface area contributed by atoms with E-state index in [0.717, 1.165) is 56.7 Å². The van der Waals surface area contributed by atoms with Gasteiger partial charge in [-0.05, 0) is 141 Å². The van der Waals surface area contributed by atoms with Crippen LogP contribution >= 0.6 is 0 Å². The number of ether oxygens (including phenoxy) is 1. The van der Waals surface area contributed by atoms with Crippen LogP contribution in [0.1, 0.15) is 125 Å². The van der Waals surface area contributed by atoms with Crippen molar-refractivity contribution in [2.75, 3.05) is 9.80 Å². The van der Waals surface area contributed by atoms with Crippen molar-refractivity contribution >= 4 is 28.7 Å². The third-order valence-corrected chi connectivity index (χ3v) is 15.2. The third-order valence-electron chi connectivity index (χ3n) is 15.2. The van der Waals surface area contributed by atoms with E-state index < -0.39 is 5.54 Å². The monoisotopic (exact) mass is 1120 g/mol. The van der Waals surface area contributed by atoms with Gasteiger partial charge in [-0.3, -0.25) is 4.98 Å². The van der Waals surface area contributed by atoms with Crippen LogP contribution < -0.4 is 14.5 Å². The molecule has 72 heavy (non-hydrogen) atoms. The molecule has 0 fully saturated rings. The molecule has 2 aromatic heterocycles. The molecule has 2 aliphatic heterocycles. The minimum absolute atomic E-state index is 0. The largest absolute Gasteiger partial charge is 2.00 e. The van der Waals surface area contributed by atoms with Crippen LogP contribution in [-0.4, -0.2) is 15.8 Å². The van der Waals surface area contributed by atoms with E-state index in [4.69, 9.17) is 19.7 Å². The summed E-state index contributed by atoms with van der Waals surface area (Å²) in [6.07, 6.45) is 3.73. The van der Waals surface area contributed by atoms with Crippen molar-refractivity contribution in [1.29, 1.82) is 0 Å².